The van der Waals surface area contributed by atoms with Crippen molar-refractivity contribution < 1.29 is 19.2 Å². The average molecular weight is 357 g/mol. The maximum Gasteiger partial charge on any atom is 0.338 e. The van der Waals surface area contributed by atoms with Crippen LogP contribution in [0, 0.1) is 21.4 Å². The van der Waals surface area contributed by atoms with Crippen LogP contribution in [0.1, 0.15) is 38.2 Å². The fourth-order valence-corrected chi connectivity index (χ4v) is 2.87. The lowest BCUT2D eigenvalue weighted by molar-refractivity contribution is -0.385. The minimum absolute atomic E-state index is 0.0535. The molecule has 0 amide bonds. The molecule has 0 aliphatic carbocycles. The first-order chi connectivity index (χ1) is 12.5. The van der Waals surface area contributed by atoms with Gasteiger partial charge in [0.15, 0.2) is 0 Å². The van der Waals surface area contributed by atoms with Crippen molar-refractivity contribution in [2.45, 2.75) is 32.6 Å². The number of nitriles is 1. The molecule has 0 saturated carbocycles. The summed E-state index contributed by atoms with van der Waals surface area (Å²) in [5, 5.41) is 21.0. The summed E-state index contributed by atoms with van der Waals surface area (Å²) in [5.74, 6) is -1.59. The van der Waals surface area contributed by atoms with Crippen molar-refractivity contribution >= 4 is 11.7 Å². The fourth-order valence-electron chi connectivity index (χ4n) is 2.87. The van der Waals surface area contributed by atoms with Crippen LogP contribution in [-0.4, -0.2) is 17.5 Å². The Labute approximate surface area is 150 Å². The molecule has 1 aromatic carbocycles. The molecule has 0 aromatic heterocycles. The second kappa shape index (κ2) is 8.16. The third kappa shape index (κ3) is 3.52. The lowest BCUT2D eigenvalue weighted by Gasteiger charge is -2.27. The molecule has 0 fully saturated rings. The maximum absolute atomic E-state index is 12.6. The first kappa shape index (κ1) is 19.0. The van der Waals surface area contributed by atoms with Gasteiger partial charge in [0.05, 0.1) is 23.0 Å². The molecule has 1 atom stereocenters. The number of rotatable bonds is 6. The van der Waals surface area contributed by atoms with E-state index in [1.807, 2.05) is 13.0 Å². The van der Waals surface area contributed by atoms with Crippen LogP contribution >= 0.6 is 0 Å². The molecule has 1 heterocycles. The van der Waals surface area contributed by atoms with Crippen LogP contribution in [0.3, 0.4) is 0 Å². The summed E-state index contributed by atoms with van der Waals surface area (Å²) in [5.41, 5.74) is 5.88. The highest BCUT2D eigenvalue weighted by atomic mass is 16.6. The third-order valence-electron chi connectivity index (χ3n) is 3.91. The number of benzene rings is 1. The number of nitrogens with zero attached hydrogens (tertiary/aromatic N) is 2. The molecule has 1 aromatic rings. The zero-order valence-electron chi connectivity index (χ0n) is 14.5. The summed E-state index contributed by atoms with van der Waals surface area (Å²) < 4.78 is 10.6. The van der Waals surface area contributed by atoms with Gasteiger partial charge >= 0.3 is 5.97 Å². The van der Waals surface area contributed by atoms with Crippen molar-refractivity contribution in [3.8, 4) is 6.07 Å². The van der Waals surface area contributed by atoms with E-state index in [0.29, 0.717) is 12.8 Å². The summed E-state index contributed by atoms with van der Waals surface area (Å²) in [6.07, 6.45) is 1.03. The number of allylic oxidation sites excluding steroid dienone is 2. The van der Waals surface area contributed by atoms with E-state index in [0.717, 1.165) is 0 Å². The molecule has 0 radical (unpaired) electrons. The zero-order valence-corrected chi connectivity index (χ0v) is 14.5. The second-order valence-electron chi connectivity index (χ2n) is 5.55. The normalized spacial score (nSPS) is 16.7. The molecule has 0 unspecified atom stereocenters. The molecule has 0 saturated heterocycles. The number of ether oxygens (including phenoxy) is 2. The number of nitro groups is 1. The van der Waals surface area contributed by atoms with E-state index in [1.165, 1.54) is 18.2 Å². The maximum atomic E-state index is 12.6. The van der Waals surface area contributed by atoms with Gasteiger partial charge in [-0.25, -0.2) is 4.79 Å². The summed E-state index contributed by atoms with van der Waals surface area (Å²) in [4.78, 5) is 23.5. The van der Waals surface area contributed by atoms with Gasteiger partial charge in [0.1, 0.15) is 17.4 Å². The number of carbonyl (C=O) groups excluding carboxylic acids is 1. The lowest BCUT2D eigenvalue weighted by atomic mass is 9.81. The Bertz CT molecular complexity index is 835. The number of nitrogens with two attached hydrogens (primary N) is 1. The second-order valence-corrected chi connectivity index (χ2v) is 5.55. The van der Waals surface area contributed by atoms with E-state index in [1.54, 1.807) is 13.0 Å². The van der Waals surface area contributed by atoms with Crippen LogP contribution in [0.5, 0.6) is 0 Å². The zero-order chi connectivity index (χ0) is 19.3. The van der Waals surface area contributed by atoms with Crippen LogP contribution < -0.4 is 5.73 Å². The Morgan fingerprint density at radius 2 is 2.12 bits per heavy atom. The van der Waals surface area contributed by atoms with Gasteiger partial charge in [0.25, 0.3) is 5.69 Å². The molecule has 26 heavy (non-hydrogen) atoms. The van der Waals surface area contributed by atoms with Crippen molar-refractivity contribution in [1.82, 2.24) is 0 Å². The Morgan fingerprint density at radius 3 is 2.69 bits per heavy atom. The molecule has 1 aliphatic heterocycles. The Hall–Kier alpha value is -3.34. The number of nitro benzene ring substituents is 1. The van der Waals surface area contributed by atoms with Crippen molar-refractivity contribution in [2.75, 3.05) is 6.61 Å². The molecule has 0 spiro atoms. The topological polar surface area (TPSA) is 128 Å². The number of para-hydroxylation sites is 1. The molecular weight excluding hydrogens is 338 g/mol. The largest absolute Gasteiger partial charge is 0.463 e. The van der Waals surface area contributed by atoms with Crippen molar-refractivity contribution in [3.05, 3.63) is 62.7 Å². The fraction of sp³-hybridized carbons (Fsp3) is 0.333. The molecule has 8 nitrogen and oxygen atoms in total. The van der Waals surface area contributed by atoms with Crippen molar-refractivity contribution in [3.63, 3.8) is 0 Å². The Kier molecular flexibility index (Phi) is 5.96. The van der Waals surface area contributed by atoms with Gasteiger partial charge in [-0.15, -0.1) is 0 Å². The van der Waals surface area contributed by atoms with Gasteiger partial charge in [-0.1, -0.05) is 25.1 Å². The lowest BCUT2D eigenvalue weighted by Crippen LogP contribution is -2.26. The first-order valence-electron chi connectivity index (χ1n) is 8.17. The van der Waals surface area contributed by atoms with Crippen molar-refractivity contribution in [1.29, 1.82) is 5.26 Å². The minimum atomic E-state index is -1.02. The van der Waals surface area contributed by atoms with Gasteiger partial charge in [-0.3, -0.25) is 10.1 Å². The summed E-state index contributed by atoms with van der Waals surface area (Å²) in [6, 6.07) is 7.86. The molecule has 2 N–H and O–H groups in total. The van der Waals surface area contributed by atoms with E-state index in [-0.39, 0.29) is 40.6 Å². The standard InChI is InChI=1S/C18H19N3O5/c1-3-7-14-16(18(22)25-4-2)15(12(10-19)17(20)26-14)11-8-5-6-9-13(11)21(23)24/h5-6,8-9,15H,3-4,7,20H2,1-2H3/t15-/m1/s1. The number of esters is 1. The predicted molar refractivity (Wildman–Crippen MR) is 92.3 cm³/mol. The SMILES string of the molecule is CCCC1=C(C(=O)OCC)[C@H](c2ccccc2[N+](=O)[O-])C(C#N)=C(N)O1. The smallest absolute Gasteiger partial charge is 0.338 e. The number of carbonyl (C=O) groups is 1. The van der Waals surface area contributed by atoms with Gasteiger partial charge < -0.3 is 15.2 Å². The molecule has 136 valence electrons. The first-order valence-corrected chi connectivity index (χ1v) is 8.17. The van der Waals surface area contributed by atoms with Gasteiger partial charge in [-0.2, -0.15) is 5.26 Å². The van der Waals surface area contributed by atoms with Gasteiger partial charge in [-0.05, 0) is 13.3 Å². The number of hydrogen-bond donors (Lipinski definition) is 1. The van der Waals surface area contributed by atoms with Crippen LogP contribution in [0.25, 0.3) is 0 Å². The molecule has 8 heteroatoms. The monoisotopic (exact) mass is 357 g/mol. The molecule has 1 aliphatic rings. The Balaban J connectivity index is 2.77. The average Bonchev–Trinajstić information content (AvgIpc) is 2.61. The van der Waals surface area contributed by atoms with Gasteiger partial charge in [0, 0.05) is 18.1 Å². The van der Waals surface area contributed by atoms with Crippen LogP contribution in [-0.2, 0) is 14.3 Å². The molecular formula is C18H19N3O5. The quantitative estimate of drug-likeness (QED) is 0.470. The van der Waals surface area contributed by atoms with E-state index in [2.05, 4.69) is 0 Å². The van der Waals surface area contributed by atoms with E-state index >= 15 is 0 Å². The van der Waals surface area contributed by atoms with Crippen molar-refractivity contribution in [2.24, 2.45) is 5.73 Å². The summed E-state index contributed by atoms with van der Waals surface area (Å²) >= 11 is 0. The molecule has 0 bridgehead atoms. The van der Waals surface area contributed by atoms with Crippen LogP contribution in [0.2, 0.25) is 0 Å². The highest BCUT2D eigenvalue weighted by Crippen LogP contribution is 2.43. The third-order valence-corrected chi connectivity index (χ3v) is 3.91. The number of hydrogen-bond acceptors (Lipinski definition) is 7. The van der Waals surface area contributed by atoms with Gasteiger partial charge in [0.2, 0.25) is 5.88 Å². The van der Waals surface area contributed by atoms with E-state index < -0.39 is 16.8 Å². The van der Waals surface area contributed by atoms with Crippen LogP contribution in [0.15, 0.2) is 47.1 Å². The highest BCUT2D eigenvalue weighted by Gasteiger charge is 2.40. The molecule has 2 rings (SSSR count). The summed E-state index contributed by atoms with van der Waals surface area (Å²) in [6.45, 7) is 3.66. The minimum Gasteiger partial charge on any atom is -0.463 e. The summed E-state index contributed by atoms with van der Waals surface area (Å²) in [7, 11) is 0. The van der Waals surface area contributed by atoms with Crippen LogP contribution in [0.4, 0.5) is 5.69 Å². The Morgan fingerprint density at radius 1 is 1.42 bits per heavy atom. The predicted octanol–water partition coefficient (Wildman–Crippen LogP) is 3.02. The van der Waals surface area contributed by atoms with E-state index in [4.69, 9.17) is 15.2 Å². The highest BCUT2D eigenvalue weighted by molar-refractivity contribution is 5.93. The van der Waals surface area contributed by atoms with E-state index in [9.17, 15) is 20.2 Å².